The molecule has 0 radical (unpaired) electrons. The lowest BCUT2D eigenvalue weighted by Crippen LogP contribution is -2.51. The second-order valence-electron chi connectivity index (χ2n) is 6.98. The van der Waals surface area contributed by atoms with Gasteiger partial charge in [-0.2, -0.15) is 0 Å². The van der Waals surface area contributed by atoms with Gasteiger partial charge in [0.2, 0.25) is 0 Å². The minimum atomic E-state index is -0.940. The van der Waals surface area contributed by atoms with E-state index in [0.29, 0.717) is 49.6 Å². The third-order valence-corrected chi connectivity index (χ3v) is 5.19. The Balaban J connectivity index is 1.58. The fraction of sp³-hybridized carbons (Fsp3) is 0.333. The molecule has 1 saturated heterocycles. The summed E-state index contributed by atoms with van der Waals surface area (Å²) in [5.41, 5.74) is 1.56. The molecule has 158 valence electrons. The van der Waals surface area contributed by atoms with Gasteiger partial charge in [0.25, 0.3) is 5.91 Å². The van der Waals surface area contributed by atoms with Crippen molar-refractivity contribution in [3.63, 3.8) is 0 Å². The molecular formula is C21H21F2N3O4. The first-order chi connectivity index (χ1) is 14.5. The molecule has 30 heavy (non-hydrogen) atoms. The first-order valence-electron chi connectivity index (χ1n) is 9.70. The highest BCUT2D eigenvalue weighted by molar-refractivity contribution is 5.97. The number of aromatic nitrogens is 1. The zero-order valence-corrected chi connectivity index (χ0v) is 16.4. The summed E-state index contributed by atoms with van der Waals surface area (Å²) >= 11 is 0. The van der Waals surface area contributed by atoms with Crippen molar-refractivity contribution in [1.29, 1.82) is 0 Å². The van der Waals surface area contributed by atoms with Crippen molar-refractivity contribution in [1.82, 2.24) is 14.4 Å². The fourth-order valence-corrected chi connectivity index (χ4v) is 3.63. The Hall–Kier alpha value is -3.36. The highest BCUT2D eigenvalue weighted by Crippen LogP contribution is 2.25. The number of fused-ring (bicyclic) bond motifs is 1. The fourth-order valence-electron chi connectivity index (χ4n) is 3.63. The molecule has 0 bridgehead atoms. The molecule has 4 rings (SSSR count). The van der Waals surface area contributed by atoms with Crippen LogP contribution in [-0.4, -0.2) is 59.2 Å². The SMILES string of the molecule is CCOC(=O)N1CCN(C(=O)c2cc3occc3n2Cc2cccc(F)c2F)CC1. The van der Waals surface area contributed by atoms with Gasteiger partial charge in [0, 0.05) is 43.9 Å². The second kappa shape index (κ2) is 8.17. The lowest BCUT2D eigenvalue weighted by molar-refractivity contribution is 0.0563. The summed E-state index contributed by atoms with van der Waals surface area (Å²) < 4.78 is 39.9. The lowest BCUT2D eigenvalue weighted by atomic mass is 10.2. The molecule has 1 fully saturated rings. The summed E-state index contributed by atoms with van der Waals surface area (Å²) in [5.74, 6) is -2.14. The van der Waals surface area contributed by atoms with E-state index in [4.69, 9.17) is 9.15 Å². The summed E-state index contributed by atoms with van der Waals surface area (Å²) in [5, 5.41) is 0. The lowest BCUT2D eigenvalue weighted by Gasteiger charge is -2.34. The normalized spacial score (nSPS) is 14.4. The van der Waals surface area contributed by atoms with E-state index in [9.17, 15) is 18.4 Å². The maximum Gasteiger partial charge on any atom is 0.409 e. The molecule has 0 atom stereocenters. The number of piperazine rings is 1. The van der Waals surface area contributed by atoms with Crippen LogP contribution in [0.3, 0.4) is 0 Å². The topological polar surface area (TPSA) is 67.9 Å². The number of hydrogen-bond donors (Lipinski definition) is 0. The summed E-state index contributed by atoms with van der Waals surface area (Å²) in [6, 6.07) is 7.25. The smallest absolute Gasteiger partial charge is 0.409 e. The van der Waals surface area contributed by atoms with Crippen LogP contribution in [0.4, 0.5) is 13.6 Å². The van der Waals surface area contributed by atoms with E-state index in [1.807, 2.05) is 0 Å². The summed E-state index contributed by atoms with van der Waals surface area (Å²) in [4.78, 5) is 28.2. The maximum atomic E-state index is 14.2. The Kier molecular flexibility index (Phi) is 5.43. The van der Waals surface area contributed by atoms with Crippen LogP contribution in [0, 0.1) is 11.6 Å². The number of carbonyl (C=O) groups excluding carboxylic acids is 2. The molecule has 1 aliphatic heterocycles. The third kappa shape index (κ3) is 3.62. The first-order valence-corrected chi connectivity index (χ1v) is 9.70. The number of nitrogens with zero attached hydrogens (tertiary/aromatic N) is 3. The minimum Gasteiger partial charge on any atom is -0.463 e. The summed E-state index contributed by atoms with van der Waals surface area (Å²) in [6.45, 7) is 3.43. The van der Waals surface area contributed by atoms with Crippen molar-refractivity contribution in [2.45, 2.75) is 13.5 Å². The van der Waals surface area contributed by atoms with Gasteiger partial charge in [-0.25, -0.2) is 13.6 Å². The number of benzene rings is 1. The van der Waals surface area contributed by atoms with Crippen LogP contribution in [0.5, 0.6) is 0 Å². The molecule has 9 heteroatoms. The van der Waals surface area contributed by atoms with E-state index < -0.39 is 17.7 Å². The van der Waals surface area contributed by atoms with Crippen molar-refractivity contribution in [2.75, 3.05) is 32.8 Å². The predicted molar refractivity (Wildman–Crippen MR) is 104 cm³/mol. The van der Waals surface area contributed by atoms with Gasteiger partial charge in [-0.15, -0.1) is 0 Å². The Labute approximate surface area is 171 Å². The van der Waals surface area contributed by atoms with Crippen LogP contribution in [-0.2, 0) is 11.3 Å². The molecule has 1 aliphatic rings. The molecule has 3 heterocycles. The molecular weight excluding hydrogens is 396 g/mol. The van der Waals surface area contributed by atoms with Crippen LogP contribution in [0.15, 0.2) is 41.0 Å². The third-order valence-electron chi connectivity index (χ3n) is 5.19. The summed E-state index contributed by atoms with van der Waals surface area (Å²) in [6.07, 6.45) is 1.09. The van der Waals surface area contributed by atoms with Gasteiger partial charge in [-0.1, -0.05) is 12.1 Å². The average molecular weight is 417 g/mol. The van der Waals surface area contributed by atoms with Crippen molar-refractivity contribution < 1.29 is 27.5 Å². The Morgan fingerprint density at radius 2 is 1.83 bits per heavy atom. The second-order valence-corrected chi connectivity index (χ2v) is 6.98. The van der Waals surface area contributed by atoms with Gasteiger partial charge < -0.3 is 23.5 Å². The van der Waals surface area contributed by atoms with E-state index in [1.165, 1.54) is 18.4 Å². The molecule has 0 spiro atoms. The monoisotopic (exact) mass is 417 g/mol. The number of rotatable bonds is 4. The van der Waals surface area contributed by atoms with Gasteiger partial charge in [0.1, 0.15) is 5.69 Å². The molecule has 1 aromatic carbocycles. The number of carbonyl (C=O) groups is 2. The molecule has 0 aliphatic carbocycles. The van der Waals surface area contributed by atoms with Crippen LogP contribution in [0.1, 0.15) is 23.0 Å². The van der Waals surface area contributed by atoms with Gasteiger partial charge in [0.05, 0.1) is 24.9 Å². The molecule has 0 saturated carbocycles. The quantitative estimate of drug-likeness (QED) is 0.652. The van der Waals surface area contributed by atoms with Crippen molar-refractivity contribution in [3.8, 4) is 0 Å². The van der Waals surface area contributed by atoms with Gasteiger partial charge in [-0.05, 0) is 13.0 Å². The van der Waals surface area contributed by atoms with Crippen LogP contribution < -0.4 is 0 Å². The van der Waals surface area contributed by atoms with Gasteiger partial charge >= 0.3 is 6.09 Å². The Bertz CT molecular complexity index is 1080. The molecule has 0 N–H and O–H groups in total. The van der Waals surface area contributed by atoms with Gasteiger partial charge in [0.15, 0.2) is 17.2 Å². The zero-order chi connectivity index (χ0) is 21.3. The molecule has 2 aromatic heterocycles. The van der Waals surface area contributed by atoms with E-state index in [-0.39, 0.29) is 18.0 Å². The van der Waals surface area contributed by atoms with E-state index in [1.54, 1.807) is 33.4 Å². The van der Waals surface area contributed by atoms with E-state index in [0.717, 1.165) is 6.07 Å². The first kappa shape index (κ1) is 19.9. The van der Waals surface area contributed by atoms with Crippen LogP contribution in [0.25, 0.3) is 11.1 Å². The number of halogens is 2. The highest BCUT2D eigenvalue weighted by Gasteiger charge is 2.28. The zero-order valence-electron chi connectivity index (χ0n) is 16.4. The minimum absolute atomic E-state index is 0.0174. The Morgan fingerprint density at radius 3 is 2.57 bits per heavy atom. The highest BCUT2D eigenvalue weighted by atomic mass is 19.2. The molecule has 2 amide bonds. The largest absolute Gasteiger partial charge is 0.463 e. The number of furan rings is 1. The van der Waals surface area contributed by atoms with Gasteiger partial charge in [-0.3, -0.25) is 4.79 Å². The summed E-state index contributed by atoms with van der Waals surface area (Å²) in [7, 11) is 0. The maximum absolute atomic E-state index is 14.2. The molecule has 3 aromatic rings. The molecule has 7 nitrogen and oxygen atoms in total. The number of ether oxygens (including phenoxy) is 1. The van der Waals surface area contributed by atoms with Crippen LogP contribution in [0.2, 0.25) is 0 Å². The van der Waals surface area contributed by atoms with E-state index >= 15 is 0 Å². The van der Waals surface area contributed by atoms with Crippen molar-refractivity contribution in [2.24, 2.45) is 0 Å². The predicted octanol–water partition coefficient (Wildman–Crippen LogP) is 3.48. The number of amides is 2. The van der Waals surface area contributed by atoms with Crippen molar-refractivity contribution >= 4 is 23.1 Å². The number of hydrogen-bond acceptors (Lipinski definition) is 4. The molecule has 0 unspecified atom stereocenters. The average Bonchev–Trinajstić information content (AvgIpc) is 3.33. The van der Waals surface area contributed by atoms with E-state index in [2.05, 4.69) is 0 Å². The standard InChI is InChI=1S/C21H21F2N3O4/c1-2-29-21(28)25-9-7-24(8-10-25)20(27)17-12-18-16(6-11-30-18)26(17)13-14-4-3-5-15(22)19(14)23/h3-6,11-12H,2,7-10,13H2,1H3. The van der Waals surface area contributed by atoms with Crippen LogP contribution >= 0.6 is 0 Å². The Morgan fingerprint density at radius 1 is 1.10 bits per heavy atom. The van der Waals surface area contributed by atoms with Crippen molar-refractivity contribution in [3.05, 3.63) is 59.5 Å².